The van der Waals surface area contributed by atoms with E-state index in [9.17, 15) is 9.90 Å². The van der Waals surface area contributed by atoms with Crippen molar-refractivity contribution in [1.29, 1.82) is 0 Å². The molecule has 0 bridgehead atoms. The van der Waals surface area contributed by atoms with Gasteiger partial charge in [0.25, 0.3) is 0 Å². The average molecular weight is 282 g/mol. The number of carbonyl (C=O) groups excluding carboxylic acids is 1. The van der Waals surface area contributed by atoms with E-state index in [-0.39, 0.29) is 12.1 Å². The Kier molecular flexibility index (Phi) is 8.59. The summed E-state index contributed by atoms with van der Waals surface area (Å²) in [5.41, 5.74) is 1.25. The fourth-order valence-corrected chi connectivity index (χ4v) is 2.52. The second kappa shape index (κ2) is 9.98. The van der Waals surface area contributed by atoms with Gasteiger partial charge in [-0.1, -0.05) is 44.3 Å². The van der Waals surface area contributed by atoms with Crippen LogP contribution in [0.1, 0.15) is 70.6 Å². The number of hydrogen-bond acceptors (Lipinski definition) is 3. The van der Waals surface area contributed by atoms with Crippen LogP contribution in [-0.2, 0) is 9.53 Å². The standard InChI is InChI=1S/C17H30O3/c1-14(15-11-12-15)13-16(18)9-7-5-3-4-6-8-10-17(19)20-2/h15-16,18H,1,3-13H2,2H3. The van der Waals surface area contributed by atoms with Crippen molar-refractivity contribution >= 4 is 5.97 Å². The smallest absolute Gasteiger partial charge is 0.305 e. The minimum Gasteiger partial charge on any atom is -0.469 e. The van der Waals surface area contributed by atoms with E-state index < -0.39 is 0 Å². The van der Waals surface area contributed by atoms with Crippen molar-refractivity contribution in [2.75, 3.05) is 7.11 Å². The highest BCUT2D eigenvalue weighted by atomic mass is 16.5. The molecule has 1 aliphatic rings. The molecule has 1 atom stereocenters. The number of aliphatic hydroxyl groups excluding tert-OH is 1. The van der Waals surface area contributed by atoms with Crippen molar-refractivity contribution in [3.63, 3.8) is 0 Å². The van der Waals surface area contributed by atoms with E-state index in [1.807, 2.05) is 0 Å². The molecule has 20 heavy (non-hydrogen) atoms. The van der Waals surface area contributed by atoms with Gasteiger partial charge >= 0.3 is 5.97 Å². The van der Waals surface area contributed by atoms with Crippen LogP contribution in [0.5, 0.6) is 0 Å². The number of methoxy groups -OCH3 is 1. The highest BCUT2D eigenvalue weighted by Crippen LogP contribution is 2.37. The first-order valence-corrected chi connectivity index (χ1v) is 8.06. The van der Waals surface area contributed by atoms with Crippen molar-refractivity contribution in [2.24, 2.45) is 5.92 Å². The molecule has 0 spiro atoms. The summed E-state index contributed by atoms with van der Waals surface area (Å²) in [6.45, 7) is 4.06. The fourth-order valence-electron chi connectivity index (χ4n) is 2.52. The van der Waals surface area contributed by atoms with Crippen LogP contribution >= 0.6 is 0 Å². The molecule has 1 saturated carbocycles. The lowest BCUT2D eigenvalue weighted by Gasteiger charge is -2.11. The molecule has 1 fully saturated rings. The van der Waals surface area contributed by atoms with Gasteiger partial charge in [0.05, 0.1) is 13.2 Å². The predicted molar refractivity (Wildman–Crippen MR) is 81.4 cm³/mol. The number of carbonyl (C=O) groups is 1. The van der Waals surface area contributed by atoms with Crippen LogP contribution < -0.4 is 0 Å². The van der Waals surface area contributed by atoms with Gasteiger partial charge < -0.3 is 9.84 Å². The maximum atomic E-state index is 10.9. The molecule has 0 aliphatic heterocycles. The number of rotatable bonds is 12. The van der Waals surface area contributed by atoms with E-state index in [2.05, 4.69) is 11.3 Å². The zero-order chi connectivity index (χ0) is 14.8. The largest absolute Gasteiger partial charge is 0.469 e. The lowest BCUT2D eigenvalue weighted by molar-refractivity contribution is -0.140. The van der Waals surface area contributed by atoms with Gasteiger partial charge in [0.15, 0.2) is 0 Å². The normalized spacial score (nSPS) is 15.9. The molecule has 0 heterocycles. The highest BCUT2D eigenvalue weighted by Gasteiger charge is 2.25. The van der Waals surface area contributed by atoms with Crippen molar-refractivity contribution in [1.82, 2.24) is 0 Å². The third-order valence-electron chi connectivity index (χ3n) is 4.05. The van der Waals surface area contributed by atoms with Gasteiger partial charge in [-0.3, -0.25) is 4.79 Å². The summed E-state index contributed by atoms with van der Waals surface area (Å²) in [5.74, 6) is 0.600. The maximum Gasteiger partial charge on any atom is 0.305 e. The summed E-state index contributed by atoms with van der Waals surface area (Å²) < 4.78 is 4.60. The lowest BCUT2D eigenvalue weighted by Crippen LogP contribution is -2.08. The molecule has 1 aliphatic carbocycles. The Balaban J connectivity index is 1.84. The number of unbranched alkanes of at least 4 members (excludes halogenated alkanes) is 5. The Morgan fingerprint density at radius 3 is 2.40 bits per heavy atom. The summed E-state index contributed by atoms with van der Waals surface area (Å²) in [6, 6.07) is 0. The Labute approximate surface area is 123 Å². The monoisotopic (exact) mass is 282 g/mol. The van der Waals surface area contributed by atoms with Crippen molar-refractivity contribution < 1.29 is 14.6 Å². The van der Waals surface area contributed by atoms with Gasteiger partial charge in [0, 0.05) is 6.42 Å². The Bertz CT molecular complexity index is 295. The summed E-state index contributed by atoms with van der Waals surface area (Å²) in [7, 11) is 1.44. The lowest BCUT2D eigenvalue weighted by atomic mass is 10.0. The van der Waals surface area contributed by atoms with Gasteiger partial charge in [-0.05, 0) is 38.0 Å². The Morgan fingerprint density at radius 2 is 1.80 bits per heavy atom. The summed E-state index contributed by atoms with van der Waals surface area (Å²) in [5, 5.41) is 9.91. The molecule has 0 aromatic rings. The molecule has 1 rings (SSSR count). The molecule has 3 nitrogen and oxygen atoms in total. The Hall–Kier alpha value is -0.830. The predicted octanol–water partition coefficient (Wildman–Crippen LogP) is 4.00. The molecular weight excluding hydrogens is 252 g/mol. The quantitative estimate of drug-likeness (QED) is 0.334. The first-order valence-electron chi connectivity index (χ1n) is 8.06. The van der Waals surface area contributed by atoms with E-state index in [4.69, 9.17) is 0 Å². The zero-order valence-electron chi connectivity index (χ0n) is 12.9. The van der Waals surface area contributed by atoms with Gasteiger partial charge in [0.1, 0.15) is 0 Å². The van der Waals surface area contributed by atoms with Gasteiger partial charge in [-0.2, -0.15) is 0 Å². The van der Waals surface area contributed by atoms with E-state index in [1.165, 1.54) is 44.8 Å². The average Bonchev–Trinajstić information content (AvgIpc) is 3.25. The SMILES string of the molecule is C=C(CC(O)CCCCCCCCC(=O)OC)C1CC1. The van der Waals surface area contributed by atoms with Crippen LogP contribution in [0.3, 0.4) is 0 Å². The molecule has 0 saturated heterocycles. The number of aliphatic hydroxyl groups is 1. The van der Waals surface area contributed by atoms with Gasteiger partial charge in [-0.15, -0.1) is 0 Å². The minimum atomic E-state index is -0.192. The number of hydrogen-bond donors (Lipinski definition) is 1. The van der Waals surface area contributed by atoms with Crippen LogP contribution in [0.4, 0.5) is 0 Å². The second-order valence-electron chi connectivity index (χ2n) is 6.03. The van der Waals surface area contributed by atoms with E-state index in [0.29, 0.717) is 12.3 Å². The van der Waals surface area contributed by atoms with Gasteiger partial charge in [0.2, 0.25) is 0 Å². The second-order valence-corrected chi connectivity index (χ2v) is 6.03. The Morgan fingerprint density at radius 1 is 1.20 bits per heavy atom. The van der Waals surface area contributed by atoms with E-state index in [0.717, 1.165) is 32.1 Å². The van der Waals surface area contributed by atoms with E-state index >= 15 is 0 Å². The number of ether oxygens (including phenoxy) is 1. The topological polar surface area (TPSA) is 46.5 Å². The minimum absolute atomic E-state index is 0.107. The third kappa shape index (κ3) is 8.36. The van der Waals surface area contributed by atoms with Crippen LogP contribution in [0.2, 0.25) is 0 Å². The highest BCUT2D eigenvalue weighted by molar-refractivity contribution is 5.68. The van der Waals surface area contributed by atoms with E-state index in [1.54, 1.807) is 0 Å². The molecule has 0 aromatic heterocycles. The third-order valence-corrected chi connectivity index (χ3v) is 4.05. The van der Waals surface area contributed by atoms with Crippen LogP contribution in [0, 0.1) is 5.92 Å². The molecule has 0 aromatic carbocycles. The molecule has 1 unspecified atom stereocenters. The summed E-state index contributed by atoms with van der Waals surface area (Å²) >= 11 is 0. The van der Waals surface area contributed by atoms with Crippen LogP contribution in [-0.4, -0.2) is 24.3 Å². The molecule has 0 amide bonds. The summed E-state index contributed by atoms with van der Waals surface area (Å²) in [4.78, 5) is 10.9. The van der Waals surface area contributed by atoms with Crippen LogP contribution in [0.15, 0.2) is 12.2 Å². The maximum absolute atomic E-state index is 10.9. The summed E-state index contributed by atoms with van der Waals surface area (Å²) in [6.07, 6.45) is 11.2. The molecular formula is C17H30O3. The molecule has 1 N–H and O–H groups in total. The molecule has 0 radical (unpaired) electrons. The van der Waals surface area contributed by atoms with Crippen molar-refractivity contribution in [2.45, 2.75) is 76.7 Å². The van der Waals surface area contributed by atoms with Crippen LogP contribution in [0.25, 0.3) is 0 Å². The van der Waals surface area contributed by atoms with Crippen molar-refractivity contribution in [3.05, 3.63) is 12.2 Å². The number of esters is 1. The first-order chi connectivity index (χ1) is 9.63. The molecule has 116 valence electrons. The fraction of sp³-hybridized carbons (Fsp3) is 0.824. The first kappa shape index (κ1) is 17.2. The van der Waals surface area contributed by atoms with Gasteiger partial charge in [-0.25, -0.2) is 0 Å². The van der Waals surface area contributed by atoms with Crippen molar-refractivity contribution in [3.8, 4) is 0 Å². The molecule has 3 heteroatoms. The zero-order valence-corrected chi connectivity index (χ0v) is 12.9.